The molecular weight excluding hydrogens is 223 g/mol. The van der Waals surface area contributed by atoms with Gasteiger partial charge in [-0.25, -0.2) is 9.37 Å². The zero-order valence-electron chi connectivity index (χ0n) is 9.67. The summed E-state index contributed by atoms with van der Waals surface area (Å²) in [5, 5.41) is 4.36. The number of hydrogen-bond donors (Lipinski definition) is 1. The van der Waals surface area contributed by atoms with Crippen molar-refractivity contribution in [3.05, 3.63) is 29.0 Å². The quantitative estimate of drug-likeness (QED) is 0.868. The highest BCUT2D eigenvalue weighted by Crippen LogP contribution is 2.23. The molecular formula is C12H15FN2S. The van der Waals surface area contributed by atoms with E-state index in [2.05, 4.69) is 31.1 Å². The van der Waals surface area contributed by atoms with Gasteiger partial charge in [0.2, 0.25) is 0 Å². The molecule has 0 atom stereocenters. The van der Waals surface area contributed by atoms with Crippen LogP contribution in [0.25, 0.3) is 10.2 Å². The van der Waals surface area contributed by atoms with Gasteiger partial charge in [-0.2, -0.15) is 0 Å². The van der Waals surface area contributed by atoms with Crippen LogP contribution in [0.2, 0.25) is 0 Å². The fraction of sp³-hybridized carbons (Fsp3) is 0.417. The number of benzene rings is 1. The van der Waals surface area contributed by atoms with Gasteiger partial charge >= 0.3 is 0 Å². The average molecular weight is 238 g/mol. The molecule has 1 N–H and O–H groups in total. The molecule has 0 fully saturated rings. The van der Waals surface area contributed by atoms with Crippen LogP contribution < -0.4 is 5.32 Å². The number of nitrogens with zero attached hydrogens (tertiary/aromatic N) is 1. The van der Waals surface area contributed by atoms with Crippen molar-refractivity contribution in [1.29, 1.82) is 0 Å². The molecule has 1 aromatic heterocycles. The molecule has 1 aromatic carbocycles. The van der Waals surface area contributed by atoms with Gasteiger partial charge in [0.05, 0.1) is 10.2 Å². The lowest BCUT2D eigenvalue weighted by molar-refractivity contribution is 0.424. The van der Waals surface area contributed by atoms with E-state index in [9.17, 15) is 4.39 Å². The van der Waals surface area contributed by atoms with Crippen LogP contribution in [-0.2, 0) is 6.54 Å². The SMILES string of the molecule is CC(C)(C)NCc1nc2ccc(F)cc2s1. The normalized spacial score (nSPS) is 12.2. The first kappa shape index (κ1) is 11.5. The number of fused-ring (bicyclic) bond motifs is 1. The lowest BCUT2D eigenvalue weighted by Crippen LogP contribution is -2.34. The summed E-state index contributed by atoms with van der Waals surface area (Å²) in [6.07, 6.45) is 0. The molecule has 0 aliphatic carbocycles. The second-order valence-corrected chi connectivity index (χ2v) is 5.94. The summed E-state index contributed by atoms with van der Waals surface area (Å²) < 4.78 is 13.9. The zero-order chi connectivity index (χ0) is 11.8. The third-order valence-electron chi connectivity index (χ3n) is 2.16. The highest BCUT2D eigenvalue weighted by atomic mass is 32.1. The molecule has 0 aliphatic heterocycles. The Balaban J connectivity index is 2.20. The van der Waals surface area contributed by atoms with Gasteiger partial charge < -0.3 is 5.32 Å². The minimum atomic E-state index is -0.202. The van der Waals surface area contributed by atoms with Crippen molar-refractivity contribution >= 4 is 21.6 Å². The van der Waals surface area contributed by atoms with E-state index in [1.165, 1.54) is 23.5 Å². The zero-order valence-corrected chi connectivity index (χ0v) is 10.5. The summed E-state index contributed by atoms with van der Waals surface area (Å²) in [5.41, 5.74) is 0.945. The first-order valence-corrected chi connectivity index (χ1v) is 6.06. The summed E-state index contributed by atoms with van der Waals surface area (Å²) in [7, 11) is 0. The Morgan fingerprint density at radius 2 is 2.12 bits per heavy atom. The maximum absolute atomic E-state index is 13.0. The smallest absolute Gasteiger partial charge is 0.124 e. The van der Waals surface area contributed by atoms with E-state index in [0.29, 0.717) is 0 Å². The summed E-state index contributed by atoms with van der Waals surface area (Å²) in [6.45, 7) is 7.06. The summed E-state index contributed by atoms with van der Waals surface area (Å²) >= 11 is 1.54. The number of aromatic nitrogens is 1. The van der Waals surface area contributed by atoms with E-state index in [0.717, 1.165) is 21.8 Å². The monoisotopic (exact) mass is 238 g/mol. The molecule has 0 radical (unpaired) electrons. The van der Waals surface area contributed by atoms with Crippen molar-refractivity contribution in [3.8, 4) is 0 Å². The summed E-state index contributed by atoms with van der Waals surface area (Å²) in [6, 6.07) is 4.71. The number of nitrogens with one attached hydrogen (secondary N) is 1. The molecule has 2 rings (SSSR count). The van der Waals surface area contributed by atoms with E-state index in [4.69, 9.17) is 0 Å². The van der Waals surface area contributed by atoms with Gasteiger partial charge in [0.25, 0.3) is 0 Å². The fourth-order valence-electron chi connectivity index (χ4n) is 1.36. The predicted molar refractivity (Wildman–Crippen MR) is 66.2 cm³/mol. The van der Waals surface area contributed by atoms with Gasteiger partial charge in [0.1, 0.15) is 10.8 Å². The summed E-state index contributed by atoms with van der Waals surface area (Å²) in [5.74, 6) is -0.202. The van der Waals surface area contributed by atoms with Gasteiger partial charge in [0.15, 0.2) is 0 Å². The lowest BCUT2D eigenvalue weighted by atomic mass is 10.1. The van der Waals surface area contributed by atoms with Crippen molar-refractivity contribution < 1.29 is 4.39 Å². The van der Waals surface area contributed by atoms with Crippen LogP contribution in [-0.4, -0.2) is 10.5 Å². The molecule has 1 heterocycles. The Morgan fingerprint density at radius 1 is 1.38 bits per heavy atom. The average Bonchev–Trinajstić information content (AvgIpc) is 2.55. The Hall–Kier alpha value is -1.000. The van der Waals surface area contributed by atoms with Crippen molar-refractivity contribution in [1.82, 2.24) is 10.3 Å². The first-order valence-electron chi connectivity index (χ1n) is 5.24. The fourth-order valence-corrected chi connectivity index (χ4v) is 2.29. The Morgan fingerprint density at radius 3 is 2.81 bits per heavy atom. The first-order chi connectivity index (χ1) is 7.44. The largest absolute Gasteiger partial charge is 0.306 e. The molecule has 0 unspecified atom stereocenters. The summed E-state index contributed by atoms with van der Waals surface area (Å²) in [4.78, 5) is 4.45. The number of halogens is 1. The van der Waals surface area contributed by atoms with Crippen LogP contribution in [0, 0.1) is 5.82 Å². The third kappa shape index (κ3) is 2.77. The number of rotatable bonds is 2. The molecule has 0 saturated heterocycles. The molecule has 2 nitrogen and oxygen atoms in total. The van der Waals surface area contributed by atoms with E-state index in [-0.39, 0.29) is 11.4 Å². The minimum Gasteiger partial charge on any atom is -0.306 e. The molecule has 2 aromatic rings. The van der Waals surface area contributed by atoms with E-state index in [1.807, 2.05) is 0 Å². The van der Waals surface area contributed by atoms with Crippen molar-refractivity contribution in [2.45, 2.75) is 32.9 Å². The van der Waals surface area contributed by atoms with Gasteiger partial charge in [-0.3, -0.25) is 0 Å². The Kier molecular flexibility index (Phi) is 2.95. The van der Waals surface area contributed by atoms with Gasteiger partial charge in [-0.1, -0.05) is 0 Å². The van der Waals surface area contributed by atoms with Crippen molar-refractivity contribution in [2.75, 3.05) is 0 Å². The van der Waals surface area contributed by atoms with Gasteiger partial charge in [-0.15, -0.1) is 11.3 Å². The van der Waals surface area contributed by atoms with Crippen LogP contribution in [0.15, 0.2) is 18.2 Å². The second kappa shape index (κ2) is 4.11. The molecule has 16 heavy (non-hydrogen) atoms. The number of thiazole rings is 1. The molecule has 0 aliphatic rings. The van der Waals surface area contributed by atoms with E-state index >= 15 is 0 Å². The molecule has 4 heteroatoms. The Labute approximate surface area is 98.5 Å². The molecule has 0 saturated carbocycles. The lowest BCUT2D eigenvalue weighted by Gasteiger charge is -2.19. The highest BCUT2D eigenvalue weighted by molar-refractivity contribution is 7.18. The standard InChI is InChI=1S/C12H15FN2S/c1-12(2,3)14-7-11-15-9-5-4-8(13)6-10(9)16-11/h4-6,14H,7H2,1-3H3. The highest BCUT2D eigenvalue weighted by Gasteiger charge is 2.10. The maximum Gasteiger partial charge on any atom is 0.124 e. The van der Waals surface area contributed by atoms with Gasteiger partial charge in [-0.05, 0) is 39.0 Å². The van der Waals surface area contributed by atoms with Crippen LogP contribution >= 0.6 is 11.3 Å². The second-order valence-electron chi connectivity index (χ2n) is 4.82. The Bertz CT molecular complexity index is 499. The molecule has 0 spiro atoms. The van der Waals surface area contributed by atoms with Crippen LogP contribution in [0.1, 0.15) is 25.8 Å². The van der Waals surface area contributed by atoms with Crippen molar-refractivity contribution in [3.63, 3.8) is 0 Å². The minimum absolute atomic E-state index is 0.0725. The van der Waals surface area contributed by atoms with Gasteiger partial charge in [0, 0.05) is 12.1 Å². The topological polar surface area (TPSA) is 24.9 Å². The molecule has 0 bridgehead atoms. The van der Waals surface area contributed by atoms with Crippen molar-refractivity contribution in [2.24, 2.45) is 0 Å². The van der Waals surface area contributed by atoms with E-state index in [1.54, 1.807) is 6.07 Å². The van der Waals surface area contributed by atoms with E-state index < -0.39 is 0 Å². The molecule has 86 valence electrons. The maximum atomic E-state index is 13.0. The third-order valence-corrected chi connectivity index (χ3v) is 3.18. The van der Waals surface area contributed by atoms with Crippen LogP contribution in [0.3, 0.4) is 0 Å². The van der Waals surface area contributed by atoms with Crippen LogP contribution in [0.4, 0.5) is 4.39 Å². The predicted octanol–water partition coefficient (Wildman–Crippen LogP) is 3.32. The van der Waals surface area contributed by atoms with Crippen LogP contribution in [0.5, 0.6) is 0 Å². The number of hydrogen-bond acceptors (Lipinski definition) is 3. The molecule has 0 amide bonds.